The highest BCUT2D eigenvalue weighted by atomic mass is 16.5. The molecule has 0 radical (unpaired) electrons. The zero-order valence-corrected chi connectivity index (χ0v) is 17.2. The van der Waals surface area contributed by atoms with Gasteiger partial charge in [0.25, 0.3) is 5.91 Å². The van der Waals surface area contributed by atoms with Crippen molar-refractivity contribution in [3.63, 3.8) is 0 Å². The fourth-order valence-electron chi connectivity index (χ4n) is 2.79. The van der Waals surface area contributed by atoms with E-state index in [-0.39, 0.29) is 11.8 Å². The molecule has 6 nitrogen and oxygen atoms in total. The average molecular weight is 398 g/mol. The van der Waals surface area contributed by atoms with Gasteiger partial charge >= 0.3 is 0 Å². The van der Waals surface area contributed by atoms with Crippen LogP contribution in [0.1, 0.15) is 36.2 Å². The van der Waals surface area contributed by atoms with Crippen molar-refractivity contribution in [2.45, 2.75) is 32.7 Å². The molecule has 29 heavy (non-hydrogen) atoms. The van der Waals surface area contributed by atoms with Gasteiger partial charge in [-0.3, -0.25) is 9.59 Å². The van der Waals surface area contributed by atoms with Gasteiger partial charge in [0.15, 0.2) is 0 Å². The second-order valence-electron chi connectivity index (χ2n) is 6.73. The van der Waals surface area contributed by atoms with Crippen molar-refractivity contribution >= 4 is 11.8 Å². The topological polar surface area (TPSA) is 79.5 Å². The van der Waals surface area contributed by atoms with Crippen molar-refractivity contribution in [2.24, 2.45) is 0 Å². The molecule has 0 aromatic heterocycles. The molecule has 6 heteroatoms. The van der Waals surface area contributed by atoms with Crippen LogP contribution < -0.4 is 20.7 Å². The Kier molecular flexibility index (Phi) is 9.72. The van der Waals surface area contributed by atoms with Crippen LogP contribution in [0.15, 0.2) is 54.6 Å². The highest BCUT2D eigenvalue weighted by Gasteiger charge is 2.21. The maximum atomic E-state index is 12.6. The van der Waals surface area contributed by atoms with Crippen LogP contribution in [0.4, 0.5) is 0 Å². The first-order chi connectivity index (χ1) is 14.1. The van der Waals surface area contributed by atoms with Crippen LogP contribution in [-0.2, 0) is 11.2 Å². The fraction of sp³-hybridized carbons (Fsp3) is 0.391. The summed E-state index contributed by atoms with van der Waals surface area (Å²) >= 11 is 0. The number of likely N-dealkylation sites (N-methyl/N-ethyl adjacent to an activating group) is 1. The standard InChI is InChI=1S/C23H31N3O3/c1-3-14-25-23(28)21(26-22(27)19-8-6-5-7-9-19)17-18-10-12-20(13-11-18)29-16-15-24-4-2/h5-13,21,24H,3-4,14-17H2,1-2H3,(H,25,28)(H,26,27)/t21-/m1/s1. The van der Waals surface area contributed by atoms with Crippen molar-refractivity contribution in [1.29, 1.82) is 0 Å². The predicted molar refractivity (Wildman–Crippen MR) is 115 cm³/mol. The molecule has 2 aromatic carbocycles. The van der Waals surface area contributed by atoms with E-state index in [0.717, 1.165) is 30.8 Å². The minimum Gasteiger partial charge on any atom is -0.492 e. The monoisotopic (exact) mass is 397 g/mol. The Bertz CT molecular complexity index is 748. The largest absolute Gasteiger partial charge is 0.492 e. The van der Waals surface area contributed by atoms with Gasteiger partial charge in [-0.05, 0) is 42.8 Å². The summed E-state index contributed by atoms with van der Waals surface area (Å²) in [6, 6.07) is 15.9. The molecule has 0 bridgehead atoms. The zero-order valence-electron chi connectivity index (χ0n) is 17.2. The third-order valence-electron chi connectivity index (χ3n) is 4.37. The number of carbonyl (C=O) groups is 2. The SMILES string of the molecule is CCCNC(=O)[C@@H](Cc1ccc(OCCNCC)cc1)NC(=O)c1ccccc1. The molecule has 0 aliphatic rings. The molecule has 0 unspecified atom stereocenters. The quantitative estimate of drug-likeness (QED) is 0.481. The summed E-state index contributed by atoms with van der Waals surface area (Å²) in [5.74, 6) is 0.347. The molecule has 2 aromatic rings. The zero-order chi connectivity index (χ0) is 20.9. The van der Waals surface area contributed by atoms with Crippen LogP contribution in [-0.4, -0.2) is 44.1 Å². The lowest BCUT2D eigenvalue weighted by molar-refractivity contribution is -0.122. The van der Waals surface area contributed by atoms with Crippen LogP contribution in [0.5, 0.6) is 5.75 Å². The Morgan fingerprint density at radius 3 is 2.34 bits per heavy atom. The molecule has 0 spiro atoms. The van der Waals surface area contributed by atoms with Gasteiger partial charge in [0.1, 0.15) is 18.4 Å². The minimum absolute atomic E-state index is 0.179. The molecule has 0 fully saturated rings. The Hall–Kier alpha value is -2.86. The van der Waals surface area contributed by atoms with Crippen molar-refractivity contribution in [1.82, 2.24) is 16.0 Å². The first-order valence-electron chi connectivity index (χ1n) is 10.2. The van der Waals surface area contributed by atoms with E-state index in [1.165, 1.54) is 0 Å². The third kappa shape index (κ3) is 7.95. The Labute approximate surface area is 173 Å². The first kappa shape index (κ1) is 22.4. The van der Waals surface area contributed by atoms with Crippen molar-refractivity contribution in [3.05, 3.63) is 65.7 Å². The van der Waals surface area contributed by atoms with Gasteiger partial charge in [0.2, 0.25) is 5.91 Å². The predicted octanol–water partition coefficient (Wildman–Crippen LogP) is 2.54. The van der Waals surface area contributed by atoms with E-state index in [9.17, 15) is 9.59 Å². The molecule has 2 rings (SSSR count). The van der Waals surface area contributed by atoms with E-state index in [1.54, 1.807) is 24.3 Å². The van der Waals surface area contributed by atoms with Crippen molar-refractivity contribution in [2.75, 3.05) is 26.2 Å². The Morgan fingerprint density at radius 1 is 0.966 bits per heavy atom. The maximum absolute atomic E-state index is 12.6. The van der Waals surface area contributed by atoms with E-state index in [4.69, 9.17) is 4.74 Å². The molecule has 0 saturated carbocycles. The van der Waals surface area contributed by atoms with Crippen molar-refractivity contribution in [3.8, 4) is 5.75 Å². The average Bonchev–Trinajstić information content (AvgIpc) is 2.76. The van der Waals surface area contributed by atoms with E-state index in [1.807, 2.05) is 37.3 Å². The van der Waals surface area contributed by atoms with Crippen LogP contribution in [0.2, 0.25) is 0 Å². The molecule has 156 valence electrons. The minimum atomic E-state index is -0.644. The lowest BCUT2D eigenvalue weighted by atomic mass is 10.0. The van der Waals surface area contributed by atoms with Crippen molar-refractivity contribution < 1.29 is 14.3 Å². The van der Waals surface area contributed by atoms with E-state index < -0.39 is 6.04 Å². The number of benzene rings is 2. The molecular weight excluding hydrogens is 366 g/mol. The molecule has 3 N–H and O–H groups in total. The molecule has 1 atom stereocenters. The first-order valence-corrected chi connectivity index (χ1v) is 10.2. The van der Waals surface area contributed by atoms with Gasteiger partial charge in [0.05, 0.1) is 0 Å². The number of rotatable bonds is 12. The Balaban J connectivity index is 2.01. The normalized spacial score (nSPS) is 11.5. The Morgan fingerprint density at radius 2 is 1.69 bits per heavy atom. The number of amides is 2. The lowest BCUT2D eigenvalue weighted by Gasteiger charge is -2.19. The second kappa shape index (κ2) is 12.6. The van der Waals surface area contributed by atoms with E-state index in [2.05, 4.69) is 22.9 Å². The van der Waals surface area contributed by atoms with Gasteiger partial charge < -0.3 is 20.7 Å². The van der Waals surface area contributed by atoms with Gasteiger partial charge in [-0.2, -0.15) is 0 Å². The highest BCUT2D eigenvalue weighted by Crippen LogP contribution is 2.14. The third-order valence-corrected chi connectivity index (χ3v) is 4.37. The number of carbonyl (C=O) groups excluding carboxylic acids is 2. The highest BCUT2D eigenvalue weighted by molar-refractivity contribution is 5.97. The summed E-state index contributed by atoms with van der Waals surface area (Å²) in [4.78, 5) is 25.1. The smallest absolute Gasteiger partial charge is 0.251 e. The summed E-state index contributed by atoms with van der Waals surface area (Å²) in [5.41, 5.74) is 1.49. The summed E-state index contributed by atoms with van der Waals surface area (Å²) in [7, 11) is 0. The molecule has 0 aliphatic heterocycles. The van der Waals surface area contributed by atoms with Gasteiger partial charge in [-0.15, -0.1) is 0 Å². The number of nitrogens with one attached hydrogen (secondary N) is 3. The fourth-order valence-corrected chi connectivity index (χ4v) is 2.79. The molecule has 0 saturated heterocycles. The summed E-state index contributed by atoms with van der Waals surface area (Å²) < 4.78 is 5.68. The molecule has 2 amide bonds. The number of ether oxygens (including phenoxy) is 1. The second-order valence-corrected chi connectivity index (χ2v) is 6.73. The molecular formula is C23H31N3O3. The lowest BCUT2D eigenvalue weighted by Crippen LogP contribution is -2.48. The molecule has 0 aliphatic carbocycles. The summed E-state index contributed by atoms with van der Waals surface area (Å²) in [5, 5.41) is 8.95. The van der Waals surface area contributed by atoms with Crippen LogP contribution >= 0.6 is 0 Å². The van der Waals surface area contributed by atoms with Crippen LogP contribution in [0, 0.1) is 0 Å². The van der Waals surface area contributed by atoms with Crippen LogP contribution in [0.3, 0.4) is 0 Å². The maximum Gasteiger partial charge on any atom is 0.251 e. The van der Waals surface area contributed by atoms with Gasteiger partial charge in [0, 0.05) is 25.1 Å². The molecule has 0 heterocycles. The van der Waals surface area contributed by atoms with Crippen LogP contribution in [0.25, 0.3) is 0 Å². The van der Waals surface area contributed by atoms with Gasteiger partial charge in [-0.1, -0.05) is 44.2 Å². The summed E-state index contributed by atoms with van der Waals surface area (Å²) in [6.07, 6.45) is 1.25. The number of hydrogen-bond donors (Lipinski definition) is 3. The van der Waals surface area contributed by atoms with E-state index >= 15 is 0 Å². The number of hydrogen-bond acceptors (Lipinski definition) is 4. The summed E-state index contributed by atoms with van der Waals surface area (Å²) in [6.45, 7) is 6.93. The van der Waals surface area contributed by atoms with E-state index in [0.29, 0.717) is 25.1 Å². The van der Waals surface area contributed by atoms with Gasteiger partial charge in [-0.25, -0.2) is 0 Å².